The van der Waals surface area contributed by atoms with Crippen molar-refractivity contribution in [2.24, 2.45) is 5.10 Å². The maximum Gasteiger partial charge on any atom is 0.303 e. The Hall–Kier alpha value is -3.52. The number of rotatable bonds is 16. The Morgan fingerprint density at radius 3 is 2.15 bits per heavy atom. The van der Waals surface area contributed by atoms with E-state index >= 15 is 0 Å². The number of fused-ring (bicyclic) bond motifs is 1. The molecule has 252 valence electrons. The molecule has 10 N–H and O–H groups in total. The molecule has 0 fully saturated rings. The van der Waals surface area contributed by atoms with Gasteiger partial charge in [-0.05, 0) is 84.9 Å². The molecule has 0 spiro atoms. The second kappa shape index (κ2) is 19.9. The summed E-state index contributed by atoms with van der Waals surface area (Å²) < 4.78 is 0.942. The van der Waals surface area contributed by atoms with Crippen LogP contribution >= 0.6 is 22.6 Å². The quantitative estimate of drug-likeness (QED) is 0.0637. The zero-order valence-electron chi connectivity index (χ0n) is 25.1. The summed E-state index contributed by atoms with van der Waals surface area (Å²) in [6, 6.07) is 11.8. The molecule has 16 heteroatoms. The summed E-state index contributed by atoms with van der Waals surface area (Å²) in [4.78, 5) is 47.0. The van der Waals surface area contributed by atoms with Crippen LogP contribution in [0.3, 0.4) is 0 Å². The van der Waals surface area contributed by atoms with Crippen molar-refractivity contribution in [2.45, 2.75) is 62.9 Å². The van der Waals surface area contributed by atoms with Crippen LogP contribution in [0.25, 0.3) is 0 Å². The van der Waals surface area contributed by atoms with Crippen molar-refractivity contribution >= 4 is 63.4 Å². The smallest absolute Gasteiger partial charge is 0.303 e. The van der Waals surface area contributed by atoms with E-state index in [-0.39, 0.29) is 30.5 Å². The number of halogens is 1. The second-order valence-electron chi connectivity index (χ2n) is 10.3. The Kier molecular flexibility index (Phi) is 16.7. The molecule has 1 aliphatic rings. The van der Waals surface area contributed by atoms with E-state index in [2.05, 4.69) is 49.1 Å². The lowest BCUT2D eigenvalue weighted by atomic mass is 10.0. The van der Waals surface area contributed by atoms with Gasteiger partial charge in [0.25, 0.3) is 11.8 Å². The fourth-order valence-corrected chi connectivity index (χ4v) is 4.64. The Morgan fingerprint density at radius 2 is 1.54 bits per heavy atom. The van der Waals surface area contributed by atoms with E-state index in [9.17, 15) is 24.3 Å². The van der Waals surface area contributed by atoms with Crippen LogP contribution in [0.1, 0.15) is 54.4 Å². The van der Waals surface area contributed by atoms with Gasteiger partial charge in [0.2, 0.25) is 5.91 Å². The molecule has 0 aromatic heterocycles. The molecule has 15 nitrogen and oxygen atoms in total. The SMILES string of the molecule is CNC[C@H](O)[C@@H](O)[C@H](O)[C@H](O)CO.O=C(O)CCCCCCC(=O)Nc1ccc(C(=O)NN=C2C(=O)Nc3ccc(I)cc32)cc1. The highest BCUT2D eigenvalue weighted by Gasteiger charge is 2.29. The number of hydrogen-bond acceptors (Lipinski definition) is 11. The predicted octanol–water partition coefficient (Wildman–Crippen LogP) is 0.383. The van der Waals surface area contributed by atoms with E-state index in [4.69, 9.17) is 25.5 Å². The van der Waals surface area contributed by atoms with Crippen molar-refractivity contribution in [2.75, 3.05) is 30.8 Å². The highest BCUT2D eigenvalue weighted by Crippen LogP contribution is 2.25. The molecule has 0 radical (unpaired) electrons. The average Bonchev–Trinajstić information content (AvgIpc) is 3.34. The number of hydrogen-bond donors (Lipinski definition) is 10. The van der Waals surface area contributed by atoms with Gasteiger partial charge in [-0.3, -0.25) is 19.2 Å². The Labute approximate surface area is 279 Å². The highest BCUT2D eigenvalue weighted by molar-refractivity contribution is 14.1. The number of carbonyl (C=O) groups excluding carboxylic acids is 3. The number of carboxylic acids is 1. The molecular weight excluding hydrogens is 717 g/mol. The molecule has 3 amide bonds. The average molecular weight is 758 g/mol. The molecule has 3 rings (SSSR count). The largest absolute Gasteiger partial charge is 0.481 e. The van der Waals surface area contributed by atoms with Gasteiger partial charge in [0, 0.05) is 39.8 Å². The van der Waals surface area contributed by atoms with Gasteiger partial charge >= 0.3 is 5.97 Å². The van der Waals surface area contributed by atoms with Gasteiger partial charge in [-0.2, -0.15) is 5.10 Å². The van der Waals surface area contributed by atoms with E-state index in [1.165, 1.54) is 0 Å². The fraction of sp³-hybridized carbons (Fsp3) is 0.433. The third kappa shape index (κ3) is 12.7. The van der Waals surface area contributed by atoms with Crippen LogP contribution in [-0.4, -0.2) is 105 Å². The minimum Gasteiger partial charge on any atom is -0.481 e. The van der Waals surface area contributed by atoms with Gasteiger partial charge in [0.15, 0.2) is 5.71 Å². The first kappa shape index (κ1) is 38.7. The number of benzene rings is 2. The molecule has 1 heterocycles. The summed E-state index contributed by atoms with van der Waals surface area (Å²) in [6.07, 6.45) is -2.28. The third-order valence-corrected chi connectivity index (χ3v) is 7.35. The van der Waals surface area contributed by atoms with Crippen LogP contribution in [0.4, 0.5) is 11.4 Å². The molecule has 2 aromatic rings. The molecule has 0 saturated heterocycles. The molecule has 2 aromatic carbocycles. The zero-order valence-corrected chi connectivity index (χ0v) is 27.3. The number of aliphatic carboxylic acids is 1. The zero-order chi connectivity index (χ0) is 34.2. The number of hydrazone groups is 1. The number of nitrogens with one attached hydrogen (secondary N) is 4. The number of aliphatic hydroxyl groups excluding tert-OH is 5. The van der Waals surface area contributed by atoms with Gasteiger partial charge in [-0.1, -0.05) is 12.8 Å². The topological polar surface area (TPSA) is 250 Å². The minimum atomic E-state index is -1.55. The van der Waals surface area contributed by atoms with Gasteiger partial charge in [0.1, 0.15) is 18.3 Å². The van der Waals surface area contributed by atoms with E-state index in [0.717, 1.165) is 16.4 Å². The number of nitrogens with zero attached hydrogens (tertiary/aromatic N) is 1. The number of carbonyl (C=O) groups is 4. The normalized spacial score (nSPS) is 15.5. The monoisotopic (exact) mass is 757 g/mol. The van der Waals surface area contributed by atoms with Crippen molar-refractivity contribution in [3.05, 3.63) is 57.2 Å². The maximum atomic E-state index is 12.4. The summed E-state index contributed by atoms with van der Waals surface area (Å²) in [5, 5.41) is 65.5. The molecule has 0 bridgehead atoms. The minimum absolute atomic E-state index is 0.0936. The summed E-state index contributed by atoms with van der Waals surface area (Å²) in [5.41, 5.74) is 4.72. The number of amides is 3. The van der Waals surface area contributed by atoms with E-state index in [1.54, 1.807) is 37.4 Å². The van der Waals surface area contributed by atoms with Crippen LogP contribution in [0, 0.1) is 3.57 Å². The first-order chi connectivity index (χ1) is 21.9. The van der Waals surface area contributed by atoms with Gasteiger partial charge in [-0.25, -0.2) is 5.43 Å². The van der Waals surface area contributed by atoms with Gasteiger partial charge in [0.05, 0.1) is 18.4 Å². The van der Waals surface area contributed by atoms with E-state index in [1.807, 2.05) is 12.1 Å². The fourth-order valence-electron chi connectivity index (χ4n) is 4.14. The Morgan fingerprint density at radius 1 is 0.913 bits per heavy atom. The number of carboxylic acid groups (broad SMARTS) is 1. The van der Waals surface area contributed by atoms with Crippen LogP contribution < -0.4 is 21.4 Å². The van der Waals surface area contributed by atoms with Crippen molar-refractivity contribution in [1.82, 2.24) is 10.7 Å². The van der Waals surface area contributed by atoms with Gasteiger partial charge < -0.3 is 46.6 Å². The molecule has 46 heavy (non-hydrogen) atoms. The summed E-state index contributed by atoms with van der Waals surface area (Å²) in [7, 11) is 1.57. The lowest BCUT2D eigenvalue weighted by Gasteiger charge is -2.25. The second-order valence-corrected chi connectivity index (χ2v) is 11.6. The van der Waals surface area contributed by atoms with Crippen molar-refractivity contribution in [1.29, 1.82) is 0 Å². The lowest BCUT2D eigenvalue weighted by Crippen LogP contribution is -2.48. The molecule has 1 aliphatic heterocycles. The number of aliphatic hydroxyl groups is 5. The van der Waals surface area contributed by atoms with Crippen LogP contribution in [0.5, 0.6) is 0 Å². The lowest BCUT2D eigenvalue weighted by molar-refractivity contribution is -0.137. The van der Waals surface area contributed by atoms with Crippen molar-refractivity contribution < 1.29 is 49.8 Å². The summed E-state index contributed by atoms with van der Waals surface area (Å²) in [6.45, 7) is -0.569. The predicted molar refractivity (Wildman–Crippen MR) is 177 cm³/mol. The van der Waals surface area contributed by atoms with E-state index < -0.39 is 42.9 Å². The van der Waals surface area contributed by atoms with Crippen LogP contribution in [0.15, 0.2) is 47.6 Å². The number of likely N-dealkylation sites (N-methyl/N-ethyl adjacent to an activating group) is 1. The molecule has 4 atom stereocenters. The first-order valence-electron chi connectivity index (χ1n) is 14.5. The number of unbranched alkanes of at least 4 members (excludes halogenated alkanes) is 3. The first-order valence-corrected chi connectivity index (χ1v) is 15.5. The third-order valence-electron chi connectivity index (χ3n) is 6.68. The van der Waals surface area contributed by atoms with Crippen LogP contribution in [-0.2, 0) is 14.4 Å². The maximum absolute atomic E-state index is 12.4. The molecular formula is C30H40IN5O10. The Balaban J connectivity index is 0.000000479. The summed E-state index contributed by atoms with van der Waals surface area (Å²) in [5.74, 6) is -1.81. The number of anilines is 2. The molecule has 0 aliphatic carbocycles. The Bertz CT molecular complexity index is 1360. The molecule has 0 saturated carbocycles. The summed E-state index contributed by atoms with van der Waals surface area (Å²) >= 11 is 2.14. The van der Waals surface area contributed by atoms with Gasteiger partial charge in [-0.15, -0.1) is 0 Å². The van der Waals surface area contributed by atoms with Crippen molar-refractivity contribution in [3.63, 3.8) is 0 Å². The standard InChI is InChI=1S/C23H23IN4O5.C7H17NO5/c24-15-9-12-18-17(13-15)21(23(33)26-18)27-28-22(32)14-7-10-16(11-8-14)25-19(29)5-3-1-2-4-6-20(30)31;1-8-2-4(10)6(12)7(13)5(11)3-9/h7-13H,1-6H2,(H,25,29)(H,28,32)(H,30,31)(H,26,27,33);4-13H,2-3H2,1H3/t;4-,5+,6+,7+/m.0/s1. The van der Waals surface area contributed by atoms with E-state index in [0.29, 0.717) is 41.8 Å². The molecule has 0 unspecified atom stereocenters. The van der Waals surface area contributed by atoms with Crippen molar-refractivity contribution in [3.8, 4) is 0 Å². The van der Waals surface area contributed by atoms with Crippen LogP contribution in [0.2, 0.25) is 0 Å². The highest BCUT2D eigenvalue weighted by atomic mass is 127.